The molecule has 0 aromatic carbocycles. The highest BCUT2D eigenvalue weighted by atomic mass is 35.5. The third kappa shape index (κ3) is 2.58. The number of pyridine rings is 1. The first-order valence-electron chi connectivity index (χ1n) is 6.27. The molecule has 1 N–H and O–H groups in total. The lowest BCUT2D eigenvalue weighted by atomic mass is 10.0. The number of aromatic nitrogens is 1. The van der Waals surface area contributed by atoms with Gasteiger partial charge in [-0.05, 0) is 32.3 Å². The van der Waals surface area contributed by atoms with E-state index in [9.17, 15) is 4.79 Å². The van der Waals surface area contributed by atoms with Gasteiger partial charge in [-0.3, -0.25) is 4.79 Å². The van der Waals surface area contributed by atoms with Crippen molar-refractivity contribution in [3.63, 3.8) is 0 Å². The topological polar surface area (TPSA) is 45.2 Å². The van der Waals surface area contributed by atoms with Crippen LogP contribution in [0.25, 0.3) is 0 Å². The van der Waals surface area contributed by atoms with E-state index in [1.807, 2.05) is 4.90 Å². The Bertz CT molecular complexity index is 450. The van der Waals surface area contributed by atoms with Crippen LogP contribution in [0.3, 0.4) is 0 Å². The predicted molar refractivity (Wildman–Crippen MR) is 73.1 cm³/mol. The van der Waals surface area contributed by atoms with Crippen LogP contribution in [-0.2, 0) is 0 Å². The Labute approximate surface area is 112 Å². The van der Waals surface area contributed by atoms with E-state index < -0.39 is 0 Å². The molecular weight excluding hydrogens is 250 g/mol. The van der Waals surface area contributed by atoms with Crippen molar-refractivity contribution in [3.8, 4) is 0 Å². The molecule has 2 heterocycles. The van der Waals surface area contributed by atoms with Crippen LogP contribution < -0.4 is 5.32 Å². The molecule has 1 saturated heterocycles. The molecule has 1 aromatic heterocycles. The molecule has 1 amide bonds. The standard InChI is InChI=1S/C13H18ClN3O/c1-9-5-3-4-6-17(9)13(18)10-7-11(14)12(15-2)16-8-10/h7-9H,3-6H2,1-2H3,(H,15,16). The Morgan fingerprint density at radius 1 is 1.56 bits per heavy atom. The molecular formula is C13H18ClN3O. The molecule has 5 heteroatoms. The number of hydrogen-bond donors (Lipinski definition) is 1. The van der Waals surface area contributed by atoms with Crippen LogP contribution in [0, 0.1) is 0 Å². The molecule has 2 rings (SSSR count). The highest BCUT2D eigenvalue weighted by Gasteiger charge is 2.24. The fraction of sp³-hybridized carbons (Fsp3) is 0.538. The van der Waals surface area contributed by atoms with Crippen molar-refractivity contribution in [2.45, 2.75) is 32.2 Å². The van der Waals surface area contributed by atoms with E-state index in [-0.39, 0.29) is 5.91 Å². The van der Waals surface area contributed by atoms with Crippen LogP contribution in [0.15, 0.2) is 12.3 Å². The summed E-state index contributed by atoms with van der Waals surface area (Å²) in [7, 11) is 1.75. The summed E-state index contributed by atoms with van der Waals surface area (Å²) in [5.74, 6) is 0.624. The van der Waals surface area contributed by atoms with Crippen LogP contribution in [0.1, 0.15) is 36.5 Å². The molecule has 1 unspecified atom stereocenters. The SMILES string of the molecule is CNc1ncc(C(=O)N2CCCCC2C)cc1Cl. The maximum Gasteiger partial charge on any atom is 0.255 e. The second-order valence-corrected chi connectivity index (χ2v) is 5.05. The zero-order valence-electron chi connectivity index (χ0n) is 10.7. The van der Waals surface area contributed by atoms with Crippen molar-refractivity contribution in [1.82, 2.24) is 9.88 Å². The second kappa shape index (κ2) is 5.57. The number of nitrogens with one attached hydrogen (secondary N) is 1. The normalized spacial score (nSPS) is 19.7. The molecule has 0 aliphatic carbocycles. The second-order valence-electron chi connectivity index (χ2n) is 4.65. The predicted octanol–water partition coefficient (Wildman–Crippen LogP) is 2.79. The van der Waals surface area contributed by atoms with E-state index in [2.05, 4.69) is 17.2 Å². The molecule has 1 aliphatic heterocycles. The van der Waals surface area contributed by atoms with Gasteiger partial charge in [-0.15, -0.1) is 0 Å². The number of nitrogens with zero attached hydrogens (tertiary/aromatic N) is 2. The van der Waals surface area contributed by atoms with E-state index in [4.69, 9.17) is 11.6 Å². The zero-order valence-corrected chi connectivity index (χ0v) is 11.5. The summed E-state index contributed by atoms with van der Waals surface area (Å²) in [6.45, 7) is 2.92. The monoisotopic (exact) mass is 267 g/mol. The Hall–Kier alpha value is -1.29. The van der Waals surface area contributed by atoms with Gasteiger partial charge in [0.1, 0.15) is 5.82 Å². The van der Waals surface area contributed by atoms with Crippen LogP contribution >= 0.6 is 11.6 Å². The van der Waals surface area contributed by atoms with Gasteiger partial charge in [0.15, 0.2) is 0 Å². The smallest absolute Gasteiger partial charge is 0.255 e. The van der Waals surface area contributed by atoms with Crippen LogP contribution in [0.4, 0.5) is 5.82 Å². The van der Waals surface area contributed by atoms with Gasteiger partial charge in [-0.25, -0.2) is 4.98 Å². The van der Waals surface area contributed by atoms with Crippen LogP contribution in [0.5, 0.6) is 0 Å². The molecule has 1 aromatic rings. The third-order valence-electron chi connectivity index (χ3n) is 3.39. The van der Waals surface area contributed by atoms with Gasteiger partial charge in [-0.1, -0.05) is 11.6 Å². The Morgan fingerprint density at radius 2 is 2.33 bits per heavy atom. The minimum atomic E-state index is 0.0271. The van der Waals surface area contributed by atoms with Gasteiger partial charge >= 0.3 is 0 Å². The minimum Gasteiger partial charge on any atom is -0.372 e. The molecule has 18 heavy (non-hydrogen) atoms. The van der Waals surface area contributed by atoms with E-state index in [1.54, 1.807) is 19.3 Å². The molecule has 1 atom stereocenters. The number of carbonyl (C=O) groups is 1. The summed E-state index contributed by atoms with van der Waals surface area (Å²) in [5.41, 5.74) is 0.563. The van der Waals surface area contributed by atoms with Gasteiger partial charge in [0.05, 0.1) is 10.6 Å². The molecule has 98 valence electrons. The molecule has 1 fully saturated rings. The largest absolute Gasteiger partial charge is 0.372 e. The van der Waals surface area contributed by atoms with Crippen molar-refractivity contribution < 1.29 is 4.79 Å². The lowest BCUT2D eigenvalue weighted by Crippen LogP contribution is -2.42. The minimum absolute atomic E-state index is 0.0271. The van der Waals surface area contributed by atoms with E-state index >= 15 is 0 Å². The van der Waals surface area contributed by atoms with Crippen molar-refractivity contribution >= 4 is 23.3 Å². The van der Waals surface area contributed by atoms with Gasteiger partial charge in [0, 0.05) is 25.8 Å². The summed E-state index contributed by atoms with van der Waals surface area (Å²) in [5, 5.41) is 3.36. The molecule has 0 bridgehead atoms. The fourth-order valence-electron chi connectivity index (χ4n) is 2.30. The van der Waals surface area contributed by atoms with Gasteiger partial charge in [0.25, 0.3) is 5.91 Å². The number of hydrogen-bond acceptors (Lipinski definition) is 3. The number of piperidine rings is 1. The summed E-state index contributed by atoms with van der Waals surface area (Å²) >= 11 is 6.05. The summed E-state index contributed by atoms with van der Waals surface area (Å²) in [6, 6.07) is 1.98. The number of carbonyl (C=O) groups excluding carboxylic acids is 1. The molecule has 1 aliphatic rings. The first-order chi connectivity index (χ1) is 8.63. The number of likely N-dealkylation sites (tertiary alicyclic amines) is 1. The fourth-order valence-corrected chi connectivity index (χ4v) is 2.57. The maximum atomic E-state index is 12.4. The average Bonchev–Trinajstić information content (AvgIpc) is 2.38. The third-order valence-corrected chi connectivity index (χ3v) is 3.68. The number of anilines is 1. The Kier molecular flexibility index (Phi) is 4.07. The van der Waals surface area contributed by atoms with Gasteiger partial charge in [-0.2, -0.15) is 0 Å². The maximum absolute atomic E-state index is 12.4. The zero-order chi connectivity index (χ0) is 13.1. The summed E-state index contributed by atoms with van der Waals surface area (Å²) in [6.07, 6.45) is 4.93. The molecule has 0 saturated carbocycles. The molecule has 0 radical (unpaired) electrons. The summed E-state index contributed by atoms with van der Waals surface area (Å²) in [4.78, 5) is 18.4. The highest BCUT2D eigenvalue weighted by Crippen LogP contribution is 2.23. The first kappa shape index (κ1) is 13.1. The average molecular weight is 268 g/mol. The Morgan fingerprint density at radius 3 is 2.94 bits per heavy atom. The van der Waals surface area contributed by atoms with E-state index in [0.29, 0.717) is 22.4 Å². The molecule has 4 nitrogen and oxygen atoms in total. The van der Waals surface area contributed by atoms with Crippen LogP contribution in [0.2, 0.25) is 5.02 Å². The number of halogens is 1. The lowest BCUT2D eigenvalue weighted by Gasteiger charge is -2.33. The van der Waals surface area contributed by atoms with E-state index in [0.717, 1.165) is 19.4 Å². The first-order valence-corrected chi connectivity index (χ1v) is 6.65. The van der Waals surface area contributed by atoms with Gasteiger partial charge < -0.3 is 10.2 Å². The van der Waals surface area contributed by atoms with Crippen molar-refractivity contribution in [3.05, 3.63) is 22.8 Å². The number of amides is 1. The van der Waals surface area contributed by atoms with Crippen molar-refractivity contribution in [2.75, 3.05) is 18.9 Å². The molecule has 0 spiro atoms. The highest BCUT2D eigenvalue weighted by molar-refractivity contribution is 6.33. The van der Waals surface area contributed by atoms with Gasteiger partial charge in [0.2, 0.25) is 0 Å². The van der Waals surface area contributed by atoms with E-state index in [1.165, 1.54) is 6.42 Å². The Balaban J connectivity index is 2.20. The summed E-state index contributed by atoms with van der Waals surface area (Å²) < 4.78 is 0. The quantitative estimate of drug-likeness (QED) is 0.896. The van der Waals surface area contributed by atoms with Crippen LogP contribution in [-0.4, -0.2) is 35.4 Å². The number of rotatable bonds is 2. The van der Waals surface area contributed by atoms with Crippen molar-refractivity contribution in [1.29, 1.82) is 0 Å². The van der Waals surface area contributed by atoms with Crippen molar-refractivity contribution in [2.24, 2.45) is 0 Å². The lowest BCUT2D eigenvalue weighted by molar-refractivity contribution is 0.0635.